The molecule has 0 fully saturated rings. The molecule has 1 aromatic heterocycles. The lowest BCUT2D eigenvalue weighted by atomic mass is 10.1. The zero-order chi connectivity index (χ0) is 18.9. The summed E-state index contributed by atoms with van der Waals surface area (Å²) in [7, 11) is 0. The summed E-state index contributed by atoms with van der Waals surface area (Å²) in [5.74, 6) is 0.105. The van der Waals surface area contributed by atoms with Crippen LogP contribution in [0.2, 0.25) is 0 Å². The first kappa shape index (κ1) is 23.2. The van der Waals surface area contributed by atoms with Crippen molar-refractivity contribution in [2.45, 2.75) is 53.5 Å². The van der Waals surface area contributed by atoms with Gasteiger partial charge in [-0.2, -0.15) is 5.10 Å². The SMILES string of the molecule is CCCNCCNC(=O)CCc1c(C)nn(Cc2ccc(C)cc2)c1C.Cl. The molecule has 0 radical (unpaired) electrons. The third kappa shape index (κ3) is 7.35. The fourth-order valence-electron chi connectivity index (χ4n) is 3.04. The molecule has 0 unspecified atom stereocenters. The van der Waals surface area contributed by atoms with Crippen LogP contribution >= 0.6 is 12.4 Å². The van der Waals surface area contributed by atoms with Crippen LogP contribution in [0, 0.1) is 20.8 Å². The van der Waals surface area contributed by atoms with Crippen molar-refractivity contribution in [3.8, 4) is 0 Å². The lowest BCUT2D eigenvalue weighted by Gasteiger charge is -2.08. The minimum Gasteiger partial charge on any atom is -0.355 e. The lowest BCUT2D eigenvalue weighted by Crippen LogP contribution is -2.32. The Kier molecular flexibility index (Phi) is 10.1. The predicted octanol–water partition coefficient (Wildman–Crippen LogP) is 3.33. The number of halogens is 1. The molecule has 1 amide bonds. The van der Waals surface area contributed by atoms with Crippen molar-refractivity contribution < 1.29 is 4.79 Å². The second kappa shape index (κ2) is 11.8. The highest BCUT2D eigenvalue weighted by Gasteiger charge is 2.13. The topological polar surface area (TPSA) is 58.9 Å². The Morgan fingerprint density at radius 1 is 1.07 bits per heavy atom. The Hall–Kier alpha value is -1.85. The molecule has 2 N–H and O–H groups in total. The number of carbonyl (C=O) groups is 1. The van der Waals surface area contributed by atoms with Crippen LogP contribution in [0.1, 0.15) is 47.8 Å². The zero-order valence-corrected chi connectivity index (χ0v) is 17.8. The summed E-state index contributed by atoms with van der Waals surface area (Å²) in [4.78, 5) is 12.0. The number of hydrogen-bond donors (Lipinski definition) is 2. The first-order valence-corrected chi connectivity index (χ1v) is 9.57. The van der Waals surface area contributed by atoms with Gasteiger partial charge in [-0.25, -0.2) is 0 Å². The second-order valence-electron chi connectivity index (χ2n) is 6.89. The summed E-state index contributed by atoms with van der Waals surface area (Å²) in [6.07, 6.45) is 2.35. The molecule has 0 saturated carbocycles. The van der Waals surface area contributed by atoms with Crippen molar-refractivity contribution in [3.63, 3.8) is 0 Å². The summed E-state index contributed by atoms with van der Waals surface area (Å²) in [6, 6.07) is 8.54. The highest BCUT2D eigenvalue weighted by atomic mass is 35.5. The average Bonchev–Trinajstić information content (AvgIpc) is 2.88. The Bertz CT molecular complexity index is 710. The van der Waals surface area contributed by atoms with E-state index in [2.05, 4.69) is 60.8 Å². The van der Waals surface area contributed by atoms with E-state index >= 15 is 0 Å². The van der Waals surface area contributed by atoms with Gasteiger partial charge in [0.05, 0.1) is 12.2 Å². The smallest absolute Gasteiger partial charge is 0.220 e. The van der Waals surface area contributed by atoms with E-state index in [0.717, 1.165) is 43.9 Å². The van der Waals surface area contributed by atoms with E-state index in [-0.39, 0.29) is 18.3 Å². The first-order valence-electron chi connectivity index (χ1n) is 9.57. The number of aryl methyl sites for hydroxylation is 2. The van der Waals surface area contributed by atoms with Gasteiger partial charge in [0.15, 0.2) is 0 Å². The largest absolute Gasteiger partial charge is 0.355 e. The van der Waals surface area contributed by atoms with Gasteiger partial charge in [0.2, 0.25) is 5.91 Å². The van der Waals surface area contributed by atoms with Crippen molar-refractivity contribution in [3.05, 3.63) is 52.3 Å². The number of benzene rings is 1. The number of aromatic nitrogens is 2. The van der Waals surface area contributed by atoms with Gasteiger partial charge in [-0.3, -0.25) is 9.48 Å². The molecule has 2 aromatic rings. The molecule has 1 aromatic carbocycles. The summed E-state index contributed by atoms with van der Waals surface area (Å²) in [5.41, 5.74) is 5.87. The number of nitrogens with one attached hydrogen (secondary N) is 2. The predicted molar refractivity (Wildman–Crippen MR) is 114 cm³/mol. The van der Waals surface area contributed by atoms with Crippen molar-refractivity contribution in [1.82, 2.24) is 20.4 Å². The lowest BCUT2D eigenvalue weighted by molar-refractivity contribution is -0.121. The van der Waals surface area contributed by atoms with E-state index in [4.69, 9.17) is 0 Å². The number of amides is 1. The van der Waals surface area contributed by atoms with Crippen LogP contribution in [0.4, 0.5) is 0 Å². The Labute approximate surface area is 169 Å². The quantitative estimate of drug-likeness (QED) is 0.610. The maximum Gasteiger partial charge on any atom is 0.220 e. The zero-order valence-electron chi connectivity index (χ0n) is 17.0. The minimum atomic E-state index is 0. The molecule has 5 nitrogen and oxygen atoms in total. The molecule has 0 aliphatic carbocycles. The normalized spacial score (nSPS) is 10.5. The van der Waals surface area contributed by atoms with Crippen LogP contribution in [0.3, 0.4) is 0 Å². The standard InChI is InChI=1S/C21H32N4O.ClH/c1-5-12-22-13-14-23-21(26)11-10-20-17(3)24-25(18(20)4)15-19-8-6-16(2)7-9-19;/h6-9,22H,5,10-15H2,1-4H3,(H,23,26);1H. The minimum absolute atomic E-state index is 0. The number of nitrogens with zero attached hydrogens (tertiary/aromatic N) is 2. The number of rotatable bonds is 10. The van der Waals surface area contributed by atoms with Gasteiger partial charge in [0.25, 0.3) is 0 Å². The van der Waals surface area contributed by atoms with Crippen LogP contribution in [-0.4, -0.2) is 35.3 Å². The maximum atomic E-state index is 12.0. The van der Waals surface area contributed by atoms with Gasteiger partial charge in [0, 0.05) is 25.2 Å². The second-order valence-corrected chi connectivity index (χ2v) is 6.89. The molecule has 0 spiro atoms. The molecule has 6 heteroatoms. The molecule has 0 saturated heterocycles. The van der Waals surface area contributed by atoms with Crippen LogP contribution in [-0.2, 0) is 17.8 Å². The van der Waals surface area contributed by atoms with E-state index in [1.54, 1.807) is 0 Å². The van der Waals surface area contributed by atoms with Gasteiger partial charge in [0.1, 0.15) is 0 Å². The van der Waals surface area contributed by atoms with E-state index in [9.17, 15) is 4.79 Å². The maximum absolute atomic E-state index is 12.0. The van der Waals surface area contributed by atoms with Gasteiger partial charge < -0.3 is 10.6 Å². The van der Waals surface area contributed by atoms with Crippen LogP contribution in [0.5, 0.6) is 0 Å². The fourth-order valence-corrected chi connectivity index (χ4v) is 3.04. The molecule has 150 valence electrons. The summed E-state index contributed by atoms with van der Waals surface area (Å²) in [6.45, 7) is 11.6. The Balaban J connectivity index is 0.00000364. The van der Waals surface area contributed by atoms with Gasteiger partial charge in [-0.05, 0) is 51.3 Å². The van der Waals surface area contributed by atoms with E-state index in [1.165, 1.54) is 16.7 Å². The molecule has 0 bridgehead atoms. The first-order chi connectivity index (χ1) is 12.5. The summed E-state index contributed by atoms with van der Waals surface area (Å²) in [5, 5.41) is 10.9. The van der Waals surface area contributed by atoms with Crippen molar-refractivity contribution in [2.75, 3.05) is 19.6 Å². The molecule has 0 atom stereocenters. The molecule has 1 heterocycles. The van der Waals surface area contributed by atoms with Gasteiger partial charge >= 0.3 is 0 Å². The van der Waals surface area contributed by atoms with Gasteiger partial charge in [-0.1, -0.05) is 36.8 Å². The molecule has 2 rings (SSSR count). The van der Waals surface area contributed by atoms with E-state index in [1.807, 2.05) is 11.6 Å². The molecular weight excluding hydrogens is 360 g/mol. The molecule has 27 heavy (non-hydrogen) atoms. The third-order valence-corrected chi connectivity index (χ3v) is 4.64. The van der Waals surface area contributed by atoms with Crippen molar-refractivity contribution in [1.29, 1.82) is 0 Å². The molecule has 0 aliphatic rings. The Morgan fingerprint density at radius 2 is 1.78 bits per heavy atom. The van der Waals surface area contributed by atoms with E-state index < -0.39 is 0 Å². The molecule has 0 aliphatic heterocycles. The fraction of sp³-hybridized carbons (Fsp3) is 0.524. The molecular formula is C21H33ClN4O. The van der Waals surface area contributed by atoms with Crippen LogP contribution in [0.15, 0.2) is 24.3 Å². The summed E-state index contributed by atoms with van der Waals surface area (Å²) < 4.78 is 2.04. The number of hydrogen-bond acceptors (Lipinski definition) is 3. The van der Waals surface area contributed by atoms with Crippen molar-refractivity contribution in [2.24, 2.45) is 0 Å². The summed E-state index contributed by atoms with van der Waals surface area (Å²) >= 11 is 0. The highest BCUT2D eigenvalue weighted by molar-refractivity contribution is 5.85. The van der Waals surface area contributed by atoms with E-state index in [0.29, 0.717) is 13.0 Å². The highest BCUT2D eigenvalue weighted by Crippen LogP contribution is 2.17. The monoisotopic (exact) mass is 392 g/mol. The average molecular weight is 393 g/mol. The Morgan fingerprint density at radius 3 is 2.44 bits per heavy atom. The van der Waals surface area contributed by atoms with Gasteiger partial charge in [-0.15, -0.1) is 12.4 Å². The third-order valence-electron chi connectivity index (χ3n) is 4.64. The number of carbonyl (C=O) groups excluding carboxylic acids is 1. The van der Waals surface area contributed by atoms with Crippen molar-refractivity contribution >= 4 is 18.3 Å². The van der Waals surface area contributed by atoms with Crippen LogP contribution < -0.4 is 10.6 Å². The van der Waals surface area contributed by atoms with Crippen LogP contribution in [0.25, 0.3) is 0 Å².